The van der Waals surface area contributed by atoms with Crippen LogP contribution < -0.4 is 10.3 Å². The molecule has 1 atom stereocenters. The summed E-state index contributed by atoms with van der Waals surface area (Å²) in [5, 5.41) is 9.52. The van der Waals surface area contributed by atoms with Crippen molar-refractivity contribution in [3.8, 4) is 0 Å². The van der Waals surface area contributed by atoms with Gasteiger partial charge in [-0.05, 0) is 0 Å². The molecule has 25 heavy (non-hydrogen) atoms. The van der Waals surface area contributed by atoms with Gasteiger partial charge in [0, 0.05) is 0 Å². The van der Waals surface area contributed by atoms with E-state index >= 15 is 0 Å². The van der Waals surface area contributed by atoms with Gasteiger partial charge in [0.25, 0.3) is 0 Å². The number of aromatic carboxylic acids is 1. The van der Waals surface area contributed by atoms with Crippen molar-refractivity contribution < 1.29 is 14.3 Å². The second kappa shape index (κ2) is 6.03. The molecule has 2 aromatic rings. The molecule has 1 aliphatic carbocycles. The van der Waals surface area contributed by atoms with Crippen LogP contribution in [0.1, 0.15) is 35.7 Å². The van der Waals surface area contributed by atoms with E-state index in [1.54, 1.807) is 4.57 Å². The third-order valence-corrected chi connectivity index (χ3v) is 6.08. The summed E-state index contributed by atoms with van der Waals surface area (Å²) < 4.78 is 16.9. The van der Waals surface area contributed by atoms with Crippen LogP contribution in [0.15, 0.2) is 17.1 Å². The summed E-state index contributed by atoms with van der Waals surface area (Å²) >= 11 is 9.14. The fraction of sp³-hybridized carbons (Fsp3) is 0.412. The quantitative estimate of drug-likeness (QED) is 0.770. The zero-order chi connectivity index (χ0) is 17.9. The number of fused-ring (bicyclic) bond motifs is 1. The molecule has 0 amide bonds. The number of benzene rings is 1. The van der Waals surface area contributed by atoms with Gasteiger partial charge in [-0.15, -0.1) is 0 Å². The molecular weight excluding hydrogens is 410 g/mol. The van der Waals surface area contributed by atoms with Crippen molar-refractivity contribution in [3.63, 3.8) is 0 Å². The maximum absolute atomic E-state index is 14.8. The first kappa shape index (κ1) is 16.9. The fourth-order valence-corrected chi connectivity index (χ4v) is 4.52. The molecule has 2 radical (unpaired) electrons. The van der Waals surface area contributed by atoms with Gasteiger partial charge in [-0.3, -0.25) is 0 Å². The summed E-state index contributed by atoms with van der Waals surface area (Å²) in [7, 11) is 0. The number of hydrogen-bond donors (Lipinski definition) is 1. The van der Waals surface area contributed by atoms with Crippen LogP contribution in [0.2, 0.25) is 9.73 Å². The van der Waals surface area contributed by atoms with Crippen LogP contribution in [0.3, 0.4) is 0 Å². The number of carbonyl (C=O) groups is 1. The molecule has 0 spiro atoms. The third-order valence-electron chi connectivity index (χ3n) is 4.83. The molecule has 1 aliphatic heterocycles. The molecule has 1 saturated heterocycles. The molecule has 8 heteroatoms. The molecule has 1 aromatic carbocycles. The van der Waals surface area contributed by atoms with Gasteiger partial charge in [-0.1, -0.05) is 0 Å². The molecule has 2 heterocycles. The molecule has 2 fully saturated rings. The Hall–Kier alpha value is -1.52. The Morgan fingerprint density at radius 3 is 2.64 bits per heavy atom. The molecule has 0 bridgehead atoms. The van der Waals surface area contributed by atoms with Crippen LogP contribution in [0.5, 0.6) is 0 Å². The molecular formula is C17H15AsClFN2O3. The van der Waals surface area contributed by atoms with Crippen molar-refractivity contribution in [2.24, 2.45) is 0 Å². The molecule has 1 unspecified atom stereocenters. The predicted octanol–water partition coefficient (Wildman–Crippen LogP) is 2.99. The standard InChI is InChI=1S/C17H15AsClFN2O3/c18-8-3-4-21(6-8)15-12(20)5-10-14(13(15)19)22(9-1-2-9)7-11(16(10)23)17(24)25/h5,7-9H,1-4,6H2,(H,24,25). The SMILES string of the molecule is O=C(O)c1cn(C2CC2)c2c(Cl)c(N3CCC([As])C3)c(F)cc2c1=O. The summed E-state index contributed by atoms with van der Waals surface area (Å²) in [5.74, 6) is -1.89. The van der Waals surface area contributed by atoms with Gasteiger partial charge < -0.3 is 0 Å². The van der Waals surface area contributed by atoms with Crippen LogP contribution in [-0.4, -0.2) is 45.6 Å². The normalized spacial score (nSPS) is 20.4. The van der Waals surface area contributed by atoms with Crippen molar-refractivity contribution in [3.05, 3.63) is 38.9 Å². The van der Waals surface area contributed by atoms with Crippen LogP contribution in [0.25, 0.3) is 10.9 Å². The van der Waals surface area contributed by atoms with E-state index in [1.807, 2.05) is 4.90 Å². The van der Waals surface area contributed by atoms with Crippen molar-refractivity contribution in [1.29, 1.82) is 0 Å². The van der Waals surface area contributed by atoms with Gasteiger partial charge in [0.05, 0.1) is 0 Å². The van der Waals surface area contributed by atoms with Gasteiger partial charge in [0.1, 0.15) is 0 Å². The second-order valence-electron chi connectivity index (χ2n) is 6.62. The van der Waals surface area contributed by atoms with Gasteiger partial charge in [0.2, 0.25) is 0 Å². The maximum atomic E-state index is 14.8. The number of halogens is 2. The number of nitrogens with zero attached hydrogens (tertiary/aromatic N) is 2. The third kappa shape index (κ3) is 2.76. The Morgan fingerprint density at radius 1 is 1.36 bits per heavy atom. The van der Waals surface area contributed by atoms with E-state index in [2.05, 4.69) is 16.9 Å². The van der Waals surface area contributed by atoms with Crippen LogP contribution >= 0.6 is 11.6 Å². The monoisotopic (exact) mass is 424 g/mol. The van der Waals surface area contributed by atoms with Crippen molar-refractivity contribution in [2.45, 2.75) is 30.0 Å². The fourth-order valence-electron chi connectivity index (χ4n) is 3.46. The van der Waals surface area contributed by atoms with E-state index in [0.29, 0.717) is 29.0 Å². The van der Waals surface area contributed by atoms with Crippen LogP contribution in [-0.2, 0) is 0 Å². The van der Waals surface area contributed by atoms with Crippen molar-refractivity contribution in [2.75, 3.05) is 18.0 Å². The number of hydrogen-bond acceptors (Lipinski definition) is 3. The molecule has 1 aromatic heterocycles. The number of rotatable bonds is 3. The summed E-state index contributed by atoms with van der Waals surface area (Å²) in [4.78, 5) is 25.8. The van der Waals surface area contributed by atoms with Gasteiger partial charge >= 0.3 is 157 Å². The van der Waals surface area contributed by atoms with E-state index in [-0.39, 0.29) is 22.0 Å². The Kier molecular flexibility index (Phi) is 4.08. The van der Waals surface area contributed by atoms with Gasteiger partial charge in [0.15, 0.2) is 0 Å². The van der Waals surface area contributed by atoms with E-state index < -0.39 is 17.2 Å². The molecule has 5 nitrogen and oxygen atoms in total. The Morgan fingerprint density at radius 2 is 2.08 bits per heavy atom. The zero-order valence-electron chi connectivity index (χ0n) is 13.2. The minimum atomic E-state index is -1.31. The molecule has 130 valence electrons. The average Bonchev–Trinajstić information content (AvgIpc) is 3.30. The van der Waals surface area contributed by atoms with E-state index in [1.165, 1.54) is 6.20 Å². The Balaban J connectivity index is 2.03. The summed E-state index contributed by atoms with van der Waals surface area (Å²) in [5.41, 5.74) is -0.308. The van der Waals surface area contributed by atoms with Gasteiger partial charge in [-0.25, -0.2) is 0 Å². The molecule has 1 saturated carbocycles. The molecule has 4 rings (SSSR count). The van der Waals surface area contributed by atoms with Crippen LogP contribution in [0, 0.1) is 5.82 Å². The average molecular weight is 425 g/mol. The Bertz CT molecular complexity index is 957. The summed E-state index contributed by atoms with van der Waals surface area (Å²) in [6, 6.07) is 1.24. The first-order valence-corrected chi connectivity index (χ1v) is 9.57. The summed E-state index contributed by atoms with van der Waals surface area (Å²) in [6.45, 7) is 1.38. The predicted molar refractivity (Wildman–Crippen MR) is 94.7 cm³/mol. The van der Waals surface area contributed by atoms with E-state index in [0.717, 1.165) is 25.3 Å². The van der Waals surface area contributed by atoms with Crippen molar-refractivity contribution in [1.82, 2.24) is 4.57 Å². The number of anilines is 1. The number of carboxylic acid groups (broad SMARTS) is 1. The minimum absolute atomic E-state index is 0.0288. The second-order valence-corrected chi connectivity index (χ2v) is 8.53. The van der Waals surface area contributed by atoms with E-state index in [9.17, 15) is 19.1 Å². The zero-order valence-corrected chi connectivity index (χ0v) is 15.8. The number of carboxylic acids is 1. The first-order chi connectivity index (χ1) is 11.9. The topological polar surface area (TPSA) is 62.5 Å². The number of pyridine rings is 1. The Labute approximate surface area is 156 Å². The molecule has 2 aliphatic rings. The molecule has 1 N–H and O–H groups in total. The number of aromatic nitrogens is 1. The summed E-state index contributed by atoms with van der Waals surface area (Å²) in [6.07, 6.45) is 4.06. The first-order valence-electron chi connectivity index (χ1n) is 8.11. The van der Waals surface area contributed by atoms with Gasteiger partial charge in [-0.2, -0.15) is 0 Å². The van der Waals surface area contributed by atoms with Crippen molar-refractivity contribution >= 4 is 51.0 Å². The van der Waals surface area contributed by atoms with Crippen LogP contribution in [0.4, 0.5) is 10.1 Å². The van der Waals surface area contributed by atoms with E-state index in [4.69, 9.17) is 11.6 Å².